The Labute approximate surface area is 141 Å². The van der Waals surface area contributed by atoms with Gasteiger partial charge in [0.05, 0.1) is 23.4 Å². The van der Waals surface area contributed by atoms with E-state index >= 15 is 0 Å². The Kier molecular flexibility index (Phi) is 3.87. The molecule has 2 aliphatic rings. The van der Waals surface area contributed by atoms with Crippen molar-refractivity contribution >= 4 is 17.3 Å². The minimum atomic E-state index is 0.449. The predicted octanol–water partition coefficient (Wildman–Crippen LogP) is 3.48. The molecule has 0 spiro atoms. The summed E-state index contributed by atoms with van der Waals surface area (Å²) in [5.74, 6) is 0.449. The Morgan fingerprint density at radius 3 is 2.91 bits per heavy atom. The molecule has 1 fully saturated rings. The van der Waals surface area contributed by atoms with Crippen LogP contribution in [0, 0.1) is 0 Å². The van der Waals surface area contributed by atoms with E-state index in [0.29, 0.717) is 5.92 Å². The number of rotatable bonds is 1. The van der Waals surface area contributed by atoms with Crippen molar-refractivity contribution in [2.45, 2.75) is 19.3 Å². The molecule has 1 aliphatic heterocycles. The number of nitrogens with one attached hydrogen (secondary N) is 2. The van der Waals surface area contributed by atoms with Crippen LogP contribution in [0.25, 0.3) is 17.0 Å². The van der Waals surface area contributed by atoms with Gasteiger partial charge in [-0.05, 0) is 30.0 Å². The maximum atomic E-state index is 6.27. The highest BCUT2D eigenvalue weighted by molar-refractivity contribution is 6.30. The van der Waals surface area contributed by atoms with E-state index in [1.807, 2.05) is 12.1 Å². The zero-order valence-corrected chi connectivity index (χ0v) is 14.0. The number of aromatic amines is 1. The molecule has 4 nitrogen and oxygen atoms in total. The van der Waals surface area contributed by atoms with Crippen LogP contribution in [0.4, 0.5) is 0 Å². The van der Waals surface area contributed by atoms with Crippen LogP contribution in [-0.2, 0) is 0 Å². The first kappa shape index (κ1) is 14.8. The smallest absolute Gasteiger partial charge is 0.0979 e. The molecule has 2 heterocycles. The maximum Gasteiger partial charge on any atom is 0.0979 e. The van der Waals surface area contributed by atoms with Crippen LogP contribution >= 0.6 is 11.6 Å². The lowest BCUT2D eigenvalue weighted by molar-refractivity contribution is 0.339. The molecule has 1 aromatic heterocycles. The maximum absolute atomic E-state index is 6.27. The van der Waals surface area contributed by atoms with Gasteiger partial charge in [0, 0.05) is 36.8 Å². The summed E-state index contributed by atoms with van der Waals surface area (Å²) >= 11 is 6.27. The predicted molar refractivity (Wildman–Crippen MR) is 94.5 cm³/mol. The fraction of sp³-hybridized carbons (Fsp3) is 0.389. The van der Waals surface area contributed by atoms with Gasteiger partial charge in [-0.3, -0.25) is 0 Å². The summed E-state index contributed by atoms with van der Waals surface area (Å²) in [6, 6.07) is 6.17. The summed E-state index contributed by atoms with van der Waals surface area (Å²) in [7, 11) is 0. The largest absolute Gasteiger partial charge is 0.368 e. The summed E-state index contributed by atoms with van der Waals surface area (Å²) in [5, 5.41) is 4.18. The molecular formula is C18H21ClN4. The zero-order valence-electron chi connectivity index (χ0n) is 13.3. The van der Waals surface area contributed by atoms with Gasteiger partial charge in [0.2, 0.25) is 0 Å². The number of H-pyrrole nitrogens is 1. The van der Waals surface area contributed by atoms with Crippen LogP contribution in [0.2, 0.25) is 5.02 Å². The fourth-order valence-corrected chi connectivity index (χ4v) is 3.74. The molecule has 1 atom stereocenters. The molecule has 23 heavy (non-hydrogen) atoms. The molecule has 2 N–H and O–H groups in total. The number of fused-ring (bicyclic) bond motifs is 3. The summed E-state index contributed by atoms with van der Waals surface area (Å²) in [6.45, 7) is 6.38. The second-order valence-electron chi connectivity index (χ2n) is 6.32. The minimum Gasteiger partial charge on any atom is -0.368 e. The first-order chi connectivity index (χ1) is 11.2. The van der Waals surface area contributed by atoms with Crippen LogP contribution in [0.15, 0.2) is 30.6 Å². The summed E-state index contributed by atoms with van der Waals surface area (Å²) in [5.41, 5.74) is 5.87. The molecular weight excluding hydrogens is 308 g/mol. The van der Waals surface area contributed by atoms with Gasteiger partial charge in [-0.15, -0.1) is 0 Å². The van der Waals surface area contributed by atoms with E-state index in [-0.39, 0.29) is 0 Å². The third-order valence-electron chi connectivity index (χ3n) is 4.82. The molecule has 0 amide bonds. The number of aromatic nitrogens is 2. The van der Waals surface area contributed by atoms with Crippen LogP contribution in [0.3, 0.4) is 0 Å². The minimum absolute atomic E-state index is 0.449. The Morgan fingerprint density at radius 2 is 2.09 bits per heavy atom. The van der Waals surface area contributed by atoms with E-state index < -0.39 is 0 Å². The van der Waals surface area contributed by atoms with Crippen LogP contribution < -0.4 is 5.32 Å². The zero-order chi connectivity index (χ0) is 15.8. The second kappa shape index (κ2) is 6.02. The molecule has 0 radical (unpaired) electrons. The average molecular weight is 329 g/mol. The van der Waals surface area contributed by atoms with Crippen LogP contribution in [0.5, 0.6) is 0 Å². The molecule has 1 unspecified atom stereocenters. The van der Waals surface area contributed by atoms with Gasteiger partial charge in [-0.25, -0.2) is 4.98 Å². The van der Waals surface area contributed by atoms with Crippen molar-refractivity contribution in [1.82, 2.24) is 20.2 Å². The van der Waals surface area contributed by atoms with Gasteiger partial charge < -0.3 is 15.2 Å². The lowest BCUT2D eigenvalue weighted by Crippen LogP contribution is -2.42. The summed E-state index contributed by atoms with van der Waals surface area (Å²) < 4.78 is 0. The second-order valence-corrected chi connectivity index (χ2v) is 6.76. The van der Waals surface area contributed by atoms with Crippen molar-refractivity contribution < 1.29 is 0 Å². The fourth-order valence-electron chi connectivity index (χ4n) is 3.57. The monoisotopic (exact) mass is 328 g/mol. The normalized spacial score (nSPS) is 23.3. The number of nitrogens with zero attached hydrogens (tertiary/aromatic N) is 2. The van der Waals surface area contributed by atoms with Crippen LogP contribution in [-0.4, -0.2) is 41.0 Å². The average Bonchev–Trinajstić information content (AvgIpc) is 3.03. The quantitative estimate of drug-likeness (QED) is 0.842. The SMILES string of the molecule is CC1C/C=C(\N2CCNCC2)c2[nH]cnc2-c2cc(Cl)ccc21. The van der Waals surface area contributed by atoms with Crippen molar-refractivity contribution in [2.24, 2.45) is 0 Å². The summed E-state index contributed by atoms with van der Waals surface area (Å²) in [6.07, 6.45) is 5.18. The third kappa shape index (κ3) is 2.66. The van der Waals surface area contributed by atoms with Crippen molar-refractivity contribution in [3.8, 4) is 11.3 Å². The number of benzene rings is 1. The molecule has 120 valence electrons. The third-order valence-corrected chi connectivity index (χ3v) is 5.05. The van der Waals surface area contributed by atoms with Crippen molar-refractivity contribution in [1.29, 1.82) is 0 Å². The molecule has 4 rings (SSSR count). The van der Waals surface area contributed by atoms with E-state index in [1.165, 1.54) is 11.3 Å². The Balaban J connectivity index is 1.85. The van der Waals surface area contributed by atoms with Crippen molar-refractivity contribution in [3.05, 3.63) is 46.9 Å². The standard InChI is InChI=1S/C18H21ClN4/c1-12-2-5-16(23-8-6-20-7-9-23)18-17(21-11-22-18)15-10-13(19)3-4-14(12)15/h3-5,10-12,20H,2,6-9H2,1H3,(H,21,22)/b16-5-. The highest BCUT2D eigenvalue weighted by Crippen LogP contribution is 2.39. The molecule has 2 aromatic rings. The number of hydrogen-bond donors (Lipinski definition) is 2. The van der Waals surface area contributed by atoms with Gasteiger partial charge in [0.25, 0.3) is 0 Å². The van der Waals surface area contributed by atoms with Gasteiger partial charge >= 0.3 is 0 Å². The first-order valence-corrected chi connectivity index (χ1v) is 8.61. The van der Waals surface area contributed by atoms with Gasteiger partial charge in [-0.2, -0.15) is 0 Å². The van der Waals surface area contributed by atoms with Gasteiger partial charge in [0.1, 0.15) is 0 Å². The molecule has 1 aliphatic carbocycles. The Morgan fingerprint density at radius 1 is 1.26 bits per heavy atom. The van der Waals surface area contributed by atoms with Crippen LogP contribution in [0.1, 0.15) is 30.5 Å². The molecule has 0 bridgehead atoms. The Hall–Kier alpha value is -1.78. The molecule has 1 aromatic carbocycles. The van der Waals surface area contributed by atoms with Crippen molar-refractivity contribution in [2.75, 3.05) is 26.2 Å². The lowest BCUT2D eigenvalue weighted by atomic mass is 9.88. The lowest BCUT2D eigenvalue weighted by Gasteiger charge is -2.32. The van der Waals surface area contributed by atoms with Gasteiger partial charge in [0.15, 0.2) is 0 Å². The number of halogens is 1. The number of piperazine rings is 1. The first-order valence-electron chi connectivity index (χ1n) is 8.23. The van der Waals surface area contributed by atoms with E-state index in [1.54, 1.807) is 6.33 Å². The van der Waals surface area contributed by atoms with E-state index in [4.69, 9.17) is 11.6 Å². The topological polar surface area (TPSA) is 44.0 Å². The molecule has 5 heteroatoms. The number of allylic oxidation sites excluding steroid dienone is 1. The van der Waals surface area contributed by atoms with E-state index in [0.717, 1.165) is 54.6 Å². The highest BCUT2D eigenvalue weighted by atomic mass is 35.5. The summed E-state index contributed by atoms with van der Waals surface area (Å²) in [4.78, 5) is 10.4. The Bertz CT molecular complexity index is 743. The van der Waals surface area contributed by atoms with E-state index in [9.17, 15) is 0 Å². The number of hydrogen-bond acceptors (Lipinski definition) is 3. The molecule has 1 saturated heterocycles. The van der Waals surface area contributed by atoms with E-state index in [2.05, 4.69) is 39.3 Å². The number of imidazole rings is 1. The van der Waals surface area contributed by atoms with Crippen molar-refractivity contribution in [3.63, 3.8) is 0 Å². The van der Waals surface area contributed by atoms with Gasteiger partial charge in [-0.1, -0.05) is 30.7 Å². The molecule has 0 saturated carbocycles. The highest BCUT2D eigenvalue weighted by Gasteiger charge is 2.25.